The van der Waals surface area contributed by atoms with E-state index in [1.807, 2.05) is 0 Å². The molecule has 0 amide bonds. The summed E-state index contributed by atoms with van der Waals surface area (Å²) >= 11 is 5.86. The normalized spacial score (nSPS) is 11.5. The Morgan fingerprint density at radius 2 is 2.11 bits per heavy atom. The molecule has 0 bridgehead atoms. The molecule has 108 valence electrons. The summed E-state index contributed by atoms with van der Waals surface area (Å²) in [4.78, 5) is 11.5. The van der Waals surface area contributed by atoms with Gasteiger partial charge in [-0.15, -0.1) is 0 Å². The maximum atomic E-state index is 11.5. The molecule has 1 aromatic rings. The molecule has 1 aromatic heterocycles. The second-order valence-electron chi connectivity index (χ2n) is 3.88. The highest BCUT2D eigenvalue weighted by molar-refractivity contribution is 7.89. The highest BCUT2D eigenvalue weighted by Gasteiger charge is 2.07. The standard InChI is InChI=1S/C10H17ClN4O3S/c1-3-19(17,18)14-6-4-5-12-8-7-13-15(2)10(16)9(8)11/h7,12,14H,3-6H2,1-2H3. The molecule has 0 aliphatic rings. The van der Waals surface area contributed by atoms with Crippen molar-refractivity contribution in [1.82, 2.24) is 14.5 Å². The van der Waals surface area contributed by atoms with Gasteiger partial charge in [-0.05, 0) is 13.3 Å². The minimum Gasteiger partial charge on any atom is -0.382 e. The van der Waals surface area contributed by atoms with Gasteiger partial charge in [0.1, 0.15) is 5.02 Å². The van der Waals surface area contributed by atoms with Crippen molar-refractivity contribution >= 4 is 27.3 Å². The molecular weight excluding hydrogens is 292 g/mol. The first-order valence-corrected chi connectivity index (χ1v) is 7.83. The average molecular weight is 309 g/mol. The predicted octanol–water partition coefficient (Wildman–Crippen LogP) is 0.175. The average Bonchev–Trinajstić information content (AvgIpc) is 2.38. The Bertz CT molecular complexity index is 585. The lowest BCUT2D eigenvalue weighted by atomic mass is 10.4. The lowest BCUT2D eigenvalue weighted by Crippen LogP contribution is -2.27. The van der Waals surface area contributed by atoms with Crippen molar-refractivity contribution in [1.29, 1.82) is 0 Å². The monoisotopic (exact) mass is 308 g/mol. The lowest BCUT2D eigenvalue weighted by Gasteiger charge is -2.08. The van der Waals surface area contributed by atoms with Crippen LogP contribution in [0, 0.1) is 0 Å². The lowest BCUT2D eigenvalue weighted by molar-refractivity contribution is 0.581. The summed E-state index contributed by atoms with van der Waals surface area (Å²) in [5.74, 6) is 0.0604. The third kappa shape index (κ3) is 4.81. The van der Waals surface area contributed by atoms with Crippen LogP contribution < -0.4 is 15.6 Å². The number of sulfonamides is 1. The van der Waals surface area contributed by atoms with Crippen molar-refractivity contribution in [3.05, 3.63) is 21.6 Å². The van der Waals surface area contributed by atoms with Gasteiger partial charge in [-0.1, -0.05) is 11.6 Å². The van der Waals surface area contributed by atoms with E-state index in [0.717, 1.165) is 4.68 Å². The summed E-state index contributed by atoms with van der Waals surface area (Å²) in [5.41, 5.74) is 0.0708. The first-order chi connectivity index (χ1) is 8.87. The molecule has 0 unspecified atom stereocenters. The molecule has 0 atom stereocenters. The number of anilines is 1. The number of hydrogen-bond donors (Lipinski definition) is 2. The summed E-state index contributed by atoms with van der Waals surface area (Å²) in [6.45, 7) is 2.39. The van der Waals surface area contributed by atoms with E-state index < -0.39 is 10.0 Å². The highest BCUT2D eigenvalue weighted by Crippen LogP contribution is 2.14. The summed E-state index contributed by atoms with van der Waals surface area (Å²) in [5, 5.41) is 6.85. The Kier molecular flexibility index (Phi) is 5.77. The molecule has 1 heterocycles. The fourth-order valence-electron chi connectivity index (χ4n) is 1.28. The second-order valence-corrected chi connectivity index (χ2v) is 6.35. The summed E-state index contributed by atoms with van der Waals surface area (Å²) < 4.78 is 25.9. The van der Waals surface area contributed by atoms with Crippen LogP contribution in [-0.2, 0) is 17.1 Å². The third-order valence-electron chi connectivity index (χ3n) is 2.45. The van der Waals surface area contributed by atoms with Crippen molar-refractivity contribution < 1.29 is 8.42 Å². The molecule has 0 fully saturated rings. The van der Waals surface area contributed by atoms with Crippen LogP contribution in [0.4, 0.5) is 5.69 Å². The fourth-order valence-corrected chi connectivity index (χ4v) is 2.17. The fraction of sp³-hybridized carbons (Fsp3) is 0.600. The van der Waals surface area contributed by atoms with E-state index >= 15 is 0 Å². The van der Waals surface area contributed by atoms with Crippen LogP contribution in [0.15, 0.2) is 11.0 Å². The molecular formula is C10H17ClN4O3S. The van der Waals surface area contributed by atoms with E-state index in [-0.39, 0.29) is 16.3 Å². The maximum absolute atomic E-state index is 11.5. The number of halogens is 1. The number of aromatic nitrogens is 2. The molecule has 1 rings (SSSR count). The van der Waals surface area contributed by atoms with Crippen LogP contribution in [0.5, 0.6) is 0 Å². The molecule has 0 saturated carbocycles. The van der Waals surface area contributed by atoms with E-state index in [1.165, 1.54) is 13.2 Å². The van der Waals surface area contributed by atoms with Gasteiger partial charge in [0.25, 0.3) is 5.56 Å². The number of aryl methyl sites for hydroxylation is 1. The van der Waals surface area contributed by atoms with Crippen LogP contribution in [-0.4, -0.2) is 37.0 Å². The molecule has 0 radical (unpaired) electrons. The van der Waals surface area contributed by atoms with Gasteiger partial charge in [0.15, 0.2) is 0 Å². The van der Waals surface area contributed by atoms with Crippen LogP contribution >= 0.6 is 11.6 Å². The number of hydrogen-bond acceptors (Lipinski definition) is 5. The minimum atomic E-state index is -3.15. The SMILES string of the molecule is CCS(=O)(=O)NCCCNc1cnn(C)c(=O)c1Cl. The molecule has 0 spiro atoms. The summed E-state index contributed by atoms with van der Waals surface area (Å²) in [7, 11) is -1.64. The van der Waals surface area contributed by atoms with Crippen LogP contribution in [0.3, 0.4) is 0 Å². The Morgan fingerprint density at radius 3 is 2.74 bits per heavy atom. The first kappa shape index (κ1) is 15.9. The van der Waals surface area contributed by atoms with Crippen LogP contribution in [0.1, 0.15) is 13.3 Å². The molecule has 0 aliphatic carbocycles. The van der Waals surface area contributed by atoms with Crippen LogP contribution in [0.25, 0.3) is 0 Å². The zero-order valence-corrected chi connectivity index (χ0v) is 12.4. The molecule has 0 saturated heterocycles. The summed E-state index contributed by atoms with van der Waals surface area (Å²) in [6, 6.07) is 0. The van der Waals surface area contributed by atoms with Gasteiger partial charge < -0.3 is 5.32 Å². The summed E-state index contributed by atoms with van der Waals surface area (Å²) in [6.07, 6.45) is 2.03. The zero-order valence-electron chi connectivity index (χ0n) is 10.8. The van der Waals surface area contributed by atoms with Gasteiger partial charge in [0, 0.05) is 20.1 Å². The van der Waals surface area contributed by atoms with E-state index in [1.54, 1.807) is 6.92 Å². The third-order valence-corrected chi connectivity index (χ3v) is 4.22. The molecule has 0 aromatic carbocycles. The van der Waals surface area contributed by atoms with Gasteiger partial charge in [-0.3, -0.25) is 4.79 Å². The molecule has 2 N–H and O–H groups in total. The number of nitrogens with one attached hydrogen (secondary N) is 2. The van der Waals surface area contributed by atoms with Crippen molar-refractivity contribution in [2.24, 2.45) is 7.05 Å². The van der Waals surface area contributed by atoms with Crippen molar-refractivity contribution in [3.8, 4) is 0 Å². The van der Waals surface area contributed by atoms with Gasteiger partial charge in [0.05, 0.1) is 17.6 Å². The van der Waals surface area contributed by atoms with E-state index in [2.05, 4.69) is 15.1 Å². The van der Waals surface area contributed by atoms with Gasteiger partial charge in [-0.25, -0.2) is 17.8 Å². The van der Waals surface area contributed by atoms with E-state index in [4.69, 9.17) is 11.6 Å². The number of rotatable bonds is 7. The van der Waals surface area contributed by atoms with E-state index in [0.29, 0.717) is 25.2 Å². The van der Waals surface area contributed by atoms with Gasteiger partial charge in [-0.2, -0.15) is 5.10 Å². The largest absolute Gasteiger partial charge is 0.382 e. The van der Waals surface area contributed by atoms with E-state index in [9.17, 15) is 13.2 Å². The smallest absolute Gasteiger partial charge is 0.287 e. The Morgan fingerprint density at radius 1 is 1.42 bits per heavy atom. The Balaban J connectivity index is 2.43. The zero-order chi connectivity index (χ0) is 14.5. The maximum Gasteiger partial charge on any atom is 0.287 e. The number of nitrogens with zero attached hydrogens (tertiary/aromatic N) is 2. The van der Waals surface area contributed by atoms with Crippen molar-refractivity contribution in [2.75, 3.05) is 24.2 Å². The molecule has 19 heavy (non-hydrogen) atoms. The van der Waals surface area contributed by atoms with Crippen molar-refractivity contribution in [3.63, 3.8) is 0 Å². The van der Waals surface area contributed by atoms with Gasteiger partial charge in [0.2, 0.25) is 10.0 Å². The Labute approximate surface area is 117 Å². The molecule has 0 aliphatic heterocycles. The van der Waals surface area contributed by atoms with Gasteiger partial charge >= 0.3 is 0 Å². The van der Waals surface area contributed by atoms with Crippen molar-refractivity contribution in [2.45, 2.75) is 13.3 Å². The minimum absolute atomic E-state index is 0.0604. The Hall–Kier alpha value is -1.12. The predicted molar refractivity (Wildman–Crippen MR) is 75.1 cm³/mol. The second kappa shape index (κ2) is 6.88. The molecule has 9 heteroatoms. The highest BCUT2D eigenvalue weighted by atomic mass is 35.5. The quantitative estimate of drug-likeness (QED) is 0.701. The van der Waals surface area contributed by atoms with Crippen LogP contribution in [0.2, 0.25) is 5.02 Å². The topological polar surface area (TPSA) is 93.1 Å². The first-order valence-electron chi connectivity index (χ1n) is 5.80. The molecule has 7 nitrogen and oxygen atoms in total.